The molecular formula is C22H35NO. The molecule has 2 unspecified atom stereocenters. The van der Waals surface area contributed by atoms with Crippen LogP contribution in [0.3, 0.4) is 0 Å². The van der Waals surface area contributed by atoms with Crippen LogP contribution in [0.15, 0.2) is 24.8 Å². The molecule has 0 aromatic heterocycles. The molecule has 1 heterocycles. The highest BCUT2D eigenvalue weighted by molar-refractivity contribution is 5.67. The Labute approximate surface area is 148 Å². The molecule has 0 bridgehead atoms. The maximum absolute atomic E-state index is 10.3. The summed E-state index contributed by atoms with van der Waals surface area (Å²) in [6, 6.07) is 6.19. The van der Waals surface area contributed by atoms with Gasteiger partial charge in [0.1, 0.15) is 5.75 Å². The fourth-order valence-electron chi connectivity index (χ4n) is 3.96. The first-order valence-electron chi connectivity index (χ1n) is 9.60. The monoisotopic (exact) mass is 329 g/mol. The van der Waals surface area contributed by atoms with Crippen molar-refractivity contribution in [2.24, 2.45) is 5.92 Å². The van der Waals surface area contributed by atoms with E-state index in [1.165, 1.54) is 37.8 Å². The number of phenols is 1. The molecule has 2 heteroatoms. The molecule has 24 heavy (non-hydrogen) atoms. The topological polar surface area (TPSA) is 23.5 Å². The maximum Gasteiger partial charge on any atom is 0.123 e. The summed E-state index contributed by atoms with van der Waals surface area (Å²) in [6.45, 7) is 16.4. The molecule has 1 aromatic carbocycles. The Balaban J connectivity index is 2.03. The van der Waals surface area contributed by atoms with Gasteiger partial charge in [-0.15, -0.1) is 0 Å². The van der Waals surface area contributed by atoms with Crippen LogP contribution in [0.4, 0.5) is 0 Å². The van der Waals surface area contributed by atoms with E-state index in [1.54, 1.807) is 0 Å². The van der Waals surface area contributed by atoms with Crippen molar-refractivity contribution in [3.8, 4) is 5.75 Å². The lowest BCUT2D eigenvalue weighted by atomic mass is 9.68. The van der Waals surface area contributed by atoms with Gasteiger partial charge >= 0.3 is 0 Å². The van der Waals surface area contributed by atoms with Crippen molar-refractivity contribution >= 4 is 5.57 Å². The number of hydrogen-bond donors (Lipinski definition) is 1. The van der Waals surface area contributed by atoms with Crippen molar-refractivity contribution in [2.45, 2.75) is 65.2 Å². The van der Waals surface area contributed by atoms with E-state index in [9.17, 15) is 5.11 Å². The van der Waals surface area contributed by atoms with Gasteiger partial charge in [-0.25, -0.2) is 0 Å². The van der Waals surface area contributed by atoms with Crippen LogP contribution in [0.2, 0.25) is 0 Å². The largest absolute Gasteiger partial charge is 0.507 e. The number of allylic oxidation sites excluding steroid dienone is 1. The quantitative estimate of drug-likeness (QED) is 0.658. The zero-order chi connectivity index (χ0) is 17.7. The van der Waals surface area contributed by atoms with Gasteiger partial charge in [-0.2, -0.15) is 0 Å². The smallest absolute Gasteiger partial charge is 0.123 e. The summed E-state index contributed by atoms with van der Waals surface area (Å²) in [5.41, 5.74) is 3.19. The lowest BCUT2D eigenvalue weighted by Crippen LogP contribution is -2.47. The Kier molecular flexibility index (Phi) is 6.51. The highest BCUT2D eigenvalue weighted by Crippen LogP contribution is 2.41. The second-order valence-corrected chi connectivity index (χ2v) is 7.94. The number of unbranched alkanes of at least 4 members (excludes halogenated alkanes) is 3. The van der Waals surface area contributed by atoms with Crippen molar-refractivity contribution in [1.29, 1.82) is 0 Å². The summed E-state index contributed by atoms with van der Waals surface area (Å²) in [5.74, 6) is 0.961. The molecule has 1 aliphatic heterocycles. The summed E-state index contributed by atoms with van der Waals surface area (Å²) in [5, 5.41) is 10.3. The van der Waals surface area contributed by atoms with E-state index in [1.807, 2.05) is 19.1 Å². The number of phenolic OH excluding ortho intramolecular Hbond substituents is 1. The molecule has 0 radical (unpaired) electrons. The molecule has 1 aromatic rings. The van der Waals surface area contributed by atoms with Crippen LogP contribution >= 0.6 is 0 Å². The van der Waals surface area contributed by atoms with Gasteiger partial charge < -0.3 is 10.0 Å². The van der Waals surface area contributed by atoms with Crippen molar-refractivity contribution < 1.29 is 5.11 Å². The van der Waals surface area contributed by atoms with E-state index in [4.69, 9.17) is 0 Å². The summed E-state index contributed by atoms with van der Waals surface area (Å²) in [7, 11) is 0. The second-order valence-electron chi connectivity index (χ2n) is 7.94. The van der Waals surface area contributed by atoms with Crippen LogP contribution < -0.4 is 0 Å². The Morgan fingerprint density at radius 3 is 2.67 bits per heavy atom. The number of benzene rings is 1. The maximum atomic E-state index is 10.3. The van der Waals surface area contributed by atoms with Gasteiger partial charge in [0.2, 0.25) is 0 Å². The molecule has 1 aliphatic rings. The summed E-state index contributed by atoms with van der Waals surface area (Å²) in [4.78, 5) is 2.63. The minimum absolute atomic E-state index is 0.144. The third kappa shape index (κ3) is 4.22. The molecule has 0 spiro atoms. The predicted molar refractivity (Wildman–Crippen MR) is 105 cm³/mol. The number of nitrogens with zero attached hydrogens (tertiary/aromatic N) is 1. The third-order valence-electron chi connectivity index (χ3n) is 6.01. The molecule has 2 nitrogen and oxygen atoms in total. The molecule has 0 amide bonds. The Bertz CT molecular complexity index is 565. The summed E-state index contributed by atoms with van der Waals surface area (Å²) >= 11 is 0. The van der Waals surface area contributed by atoms with Gasteiger partial charge in [0.05, 0.1) is 0 Å². The number of likely N-dealkylation sites (tertiary alicyclic amines) is 1. The van der Waals surface area contributed by atoms with E-state index in [2.05, 4.69) is 38.3 Å². The molecule has 2 atom stereocenters. The minimum atomic E-state index is 0.144. The van der Waals surface area contributed by atoms with Gasteiger partial charge in [0.25, 0.3) is 0 Å². The van der Waals surface area contributed by atoms with Crippen LogP contribution in [-0.4, -0.2) is 29.6 Å². The van der Waals surface area contributed by atoms with Gasteiger partial charge in [0.15, 0.2) is 0 Å². The zero-order valence-corrected chi connectivity index (χ0v) is 16.1. The fourth-order valence-corrected chi connectivity index (χ4v) is 3.96. The number of hydrogen-bond acceptors (Lipinski definition) is 2. The highest BCUT2D eigenvalue weighted by Gasteiger charge is 2.38. The molecule has 1 fully saturated rings. The zero-order valence-electron chi connectivity index (χ0n) is 16.1. The SMILES string of the molecule is C=C(C)c1ccc(C2(C)CCN(CCCCCC)CC2C)cc1O. The van der Waals surface area contributed by atoms with Gasteiger partial charge in [-0.3, -0.25) is 0 Å². The third-order valence-corrected chi connectivity index (χ3v) is 6.01. The normalized spacial score (nSPS) is 24.9. The number of piperidine rings is 1. The van der Waals surface area contributed by atoms with Crippen LogP contribution in [0.1, 0.15) is 70.9 Å². The molecule has 1 N–H and O–H groups in total. The highest BCUT2D eigenvalue weighted by atomic mass is 16.3. The summed E-state index contributed by atoms with van der Waals surface area (Å²) < 4.78 is 0. The lowest BCUT2D eigenvalue weighted by molar-refractivity contribution is 0.109. The molecule has 0 saturated carbocycles. The number of rotatable bonds is 7. The first-order chi connectivity index (χ1) is 11.4. The molecule has 134 valence electrons. The minimum Gasteiger partial charge on any atom is -0.507 e. The first kappa shape index (κ1) is 19.1. The Morgan fingerprint density at radius 1 is 1.33 bits per heavy atom. The van der Waals surface area contributed by atoms with Crippen LogP contribution in [0, 0.1) is 5.92 Å². The van der Waals surface area contributed by atoms with Crippen LogP contribution in [0.25, 0.3) is 5.57 Å². The second kappa shape index (κ2) is 8.20. The predicted octanol–water partition coefficient (Wildman–Crippen LogP) is 5.61. The molecular weight excluding hydrogens is 294 g/mol. The molecule has 1 saturated heterocycles. The lowest BCUT2D eigenvalue weighted by Gasteiger charge is -2.45. The molecule has 2 rings (SSSR count). The van der Waals surface area contributed by atoms with Crippen molar-refractivity contribution in [1.82, 2.24) is 4.90 Å². The molecule has 0 aliphatic carbocycles. The van der Waals surface area contributed by atoms with E-state index >= 15 is 0 Å². The van der Waals surface area contributed by atoms with Crippen LogP contribution in [0.5, 0.6) is 5.75 Å². The Hall–Kier alpha value is -1.28. The standard InChI is InChI=1S/C22H35NO/c1-6-7-8-9-13-23-14-12-22(5,18(4)16-23)19-10-11-20(17(2)3)21(24)15-19/h10-11,15,18,24H,2,6-9,12-14,16H2,1,3-5H3. The van der Waals surface area contributed by atoms with E-state index in [-0.39, 0.29) is 5.41 Å². The average molecular weight is 330 g/mol. The van der Waals surface area contributed by atoms with Crippen molar-refractivity contribution in [3.05, 3.63) is 35.9 Å². The van der Waals surface area contributed by atoms with Crippen LogP contribution in [-0.2, 0) is 5.41 Å². The van der Waals surface area contributed by atoms with Gasteiger partial charge in [0, 0.05) is 12.1 Å². The first-order valence-corrected chi connectivity index (χ1v) is 9.60. The average Bonchev–Trinajstić information content (AvgIpc) is 2.54. The van der Waals surface area contributed by atoms with E-state index in [0.717, 1.165) is 30.6 Å². The Morgan fingerprint density at radius 2 is 2.08 bits per heavy atom. The summed E-state index contributed by atoms with van der Waals surface area (Å²) in [6.07, 6.45) is 6.50. The fraction of sp³-hybridized carbons (Fsp3) is 0.636. The van der Waals surface area contributed by atoms with E-state index in [0.29, 0.717) is 11.7 Å². The number of aromatic hydroxyl groups is 1. The van der Waals surface area contributed by atoms with Gasteiger partial charge in [-0.05, 0) is 61.4 Å². The van der Waals surface area contributed by atoms with Crippen molar-refractivity contribution in [2.75, 3.05) is 19.6 Å². The van der Waals surface area contributed by atoms with Crippen molar-refractivity contribution in [3.63, 3.8) is 0 Å². The van der Waals surface area contributed by atoms with Gasteiger partial charge in [-0.1, -0.05) is 58.7 Å². The van der Waals surface area contributed by atoms with E-state index < -0.39 is 0 Å².